The minimum Gasteiger partial charge on any atom is -1.00 e. The van der Waals surface area contributed by atoms with Crippen molar-refractivity contribution in [1.29, 1.82) is 0 Å². The summed E-state index contributed by atoms with van der Waals surface area (Å²) < 4.78 is 0. The Morgan fingerprint density at radius 2 is 1.95 bits per heavy atom. The number of hydrazine groups is 1. The van der Waals surface area contributed by atoms with Crippen molar-refractivity contribution in [2.24, 2.45) is 5.73 Å². The molecule has 1 amide bonds. The summed E-state index contributed by atoms with van der Waals surface area (Å²) in [6.45, 7) is -0.484. The van der Waals surface area contributed by atoms with E-state index >= 15 is 0 Å². The van der Waals surface area contributed by atoms with Gasteiger partial charge < -0.3 is 38.6 Å². The molecule has 0 fully saturated rings. The first-order valence-corrected chi connectivity index (χ1v) is 5.09. The third-order valence-electron chi connectivity index (χ3n) is 2.24. The molecule has 1 aromatic carbocycles. The van der Waals surface area contributed by atoms with Gasteiger partial charge in [-0.05, 0) is 6.07 Å². The van der Waals surface area contributed by atoms with Gasteiger partial charge in [-0.25, -0.2) is 5.43 Å². The number of phenolic OH excluding ortho intramolecular Hbond substituents is 3. The highest BCUT2D eigenvalue weighted by Crippen LogP contribution is 2.36. The highest BCUT2D eigenvalue weighted by atomic mass is 35.5. The van der Waals surface area contributed by atoms with Gasteiger partial charge in [0.15, 0.2) is 11.5 Å². The molecular formula is C10H16ClN3O5. The number of aliphatic hydroxyl groups excluding tert-OH is 1. The molecule has 0 heterocycles. The van der Waals surface area contributed by atoms with Crippen LogP contribution in [0.3, 0.4) is 0 Å². The average molecular weight is 294 g/mol. The molecule has 19 heavy (non-hydrogen) atoms. The molecule has 0 aliphatic carbocycles. The molecular weight excluding hydrogens is 278 g/mol. The number of hydrogen-bond acceptors (Lipinski definition) is 7. The summed E-state index contributed by atoms with van der Waals surface area (Å²) in [5, 5.41) is 36.4. The number of hydrogen-bond donors (Lipinski definition) is 7. The van der Waals surface area contributed by atoms with Crippen molar-refractivity contribution in [3.8, 4) is 17.2 Å². The molecule has 8 N–H and O–H groups in total. The number of carbonyl (C=O) groups is 1. The first-order chi connectivity index (χ1) is 8.47. The number of phenols is 3. The minimum absolute atomic E-state index is 0. The minimum atomic E-state index is -1.04. The highest BCUT2D eigenvalue weighted by Gasteiger charge is 2.13. The average Bonchev–Trinajstić information content (AvgIpc) is 2.37. The van der Waals surface area contributed by atoms with E-state index in [1.165, 1.54) is 12.1 Å². The predicted octanol–water partition coefficient (Wildman–Crippen LogP) is -4.64. The lowest BCUT2D eigenvalue weighted by Gasteiger charge is -2.12. The number of amides is 1. The van der Waals surface area contributed by atoms with Crippen LogP contribution < -0.4 is 29.0 Å². The smallest absolute Gasteiger partial charge is 1.00 e. The van der Waals surface area contributed by atoms with Crippen molar-refractivity contribution in [2.45, 2.75) is 12.6 Å². The molecule has 0 aromatic heterocycles. The lowest BCUT2D eigenvalue weighted by Crippen LogP contribution is -3.00. The number of aliphatic hydroxyl groups is 1. The van der Waals surface area contributed by atoms with E-state index in [0.717, 1.165) is 0 Å². The number of carbonyl (C=O) groups excluding carboxylic acids is 1. The molecule has 8 nitrogen and oxygen atoms in total. The van der Waals surface area contributed by atoms with Crippen LogP contribution in [0.25, 0.3) is 0 Å². The summed E-state index contributed by atoms with van der Waals surface area (Å²) in [6.07, 6.45) is 0. The Morgan fingerprint density at radius 3 is 2.53 bits per heavy atom. The quantitative estimate of drug-likeness (QED) is 0.213. The van der Waals surface area contributed by atoms with Gasteiger partial charge >= 0.3 is 1.43 Å². The summed E-state index contributed by atoms with van der Waals surface area (Å²) in [4.78, 5) is 11.2. The molecule has 0 aliphatic rings. The molecule has 9 heteroatoms. The Balaban J connectivity index is 0. The van der Waals surface area contributed by atoms with Crippen LogP contribution in [0.15, 0.2) is 12.1 Å². The molecule has 1 atom stereocenters. The van der Waals surface area contributed by atoms with E-state index in [1.54, 1.807) is 0 Å². The largest absolute Gasteiger partial charge is 1.00 e. The zero-order valence-electron chi connectivity index (χ0n) is 10.8. The summed E-state index contributed by atoms with van der Waals surface area (Å²) >= 11 is 0. The van der Waals surface area contributed by atoms with Crippen LogP contribution in [0, 0.1) is 0 Å². The number of aromatic hydroxyl groups is 3. The molecule has 108 valence electrons. The number of halogens is 1. The lowest BCUT2D eigenvalue weighted by molar-refractivity contribution is -0.124. The summed E-state index contributed by atoms with van der Waals surface area (Å²) in [5.41, 5.74) is 10.2. The van der Waals surface area contributed by atoms with Gasteiger partial charge in [0.2, 0.25) is 5.75 Å². The maximum absolute atomic E-state index is 11.2. The van der Waals surface area contributed by atoms with Gasteiger partial charge in [-0.3, -0.25) is 10.2 Å². The highest BCUT2D eigenvalue weighted by molar-refractivity contribution is 5.81. The molecule has 1 rings (SSSR count). The van der Waals surface area contributed by atoms with Crippen molar-refractivity contribution in [2.75, 3.05) is 6.61 Å². The van der Waals surface area contributed by atoms with Crippen molar-refractivity contribution in [1.82, 2.24) is 10.9 Å². The molecule has 1 aromatic rings. The zero-order chi connectivity index (χ0) is 13.7. The van der Waals surface area contributed by atoms with Gasteiger partial charge in [-0.2, -0.15) is 0 Å². The molecule has 0 spiro atoms. The number of nitrogens with two attached hydrogens (primary N) is 1. The lowest BCUT2D eigenvalue weighted by atomic mass is 10.2. The van der Waals surface area contributed by atoms with Crippen LogP contribution in [0.5, 0.6) is 17.2 Å². The van der Waals surface area contributed by atoms with Crippen LogP contribution in [0.2, 0.25) is 0 Å². The van der Waals surface area contributed by atoms with Crippen LogP contribution >= 0.6 is 0 Å². The van der Waals surface area contributed by atoms with Crippen molar-refractivity contribution < 1.29 is 39.1 Å². The van der Waals surface area contributed by atoms with Crippen molar-refractivity contribution in [3.63, 3.8) is 0 Å². The molecule has 0 aliphatic heterocycles. The van der Waals surface area contributed by atoms with E-state index in [-0.39, 0.29) is 25.9 Å². The number of benzene rings is 1. The summed E-state index contributed by atoms with van der Waals surface area (Å²) in [7, 11) is 0. The fourth-order valence-corrected chi connectivity index (χ4v) is 1.16. The predicted molar refractivity (Wildman–Crippen MR) is 62.6 cm³/mol. The Kier molecular flexibility index (Phi) is 6.94. The fourth-order valence-electron chi connectivity index (χ4n) is 1.16. The van der Waals surface area contributed by atoms with Crippen molar-refractivity contribution in [3.05, 3.63) is 17.7 Å². The Labute approximate surface area is 116 Å². The number of nitrogens with one attached hydrogen (secondary N) is 2. The third-order valence-corrected chi connectivity index (χ3v) is 2.24. The monoisotopic (exact) mass is 293 g/mol. The molecule has 0 saturated carbocycles. The van der Waals surface area contributed by atoms with Gasteiger partial charge in [-0.15, -0.1) is 0 Å². The topological polar surface area (TPSA) is 148 Å². The Morgan fingerprint density at radius 1 is 1.32 bits per heavy atom. The molecule has 0 saturated heterocycles. The maximum Gasteiger partial charge on any atom is 1.00 e. The standard InChI is InChI=1S/C10H15N3O5.ClH/c11-6(4-14)10(18)13-12-3-5-1-2-7(15)9(17)8(5)16;/h1-2,6,12,14-17H,3-4,11H2,(H,13,18);1H. The van der Waals surface area contributed by atoms with Crippen LogP contribution in [0.1, 0.15) is 6.99 Å². The van der Waals surface area contributed by atoms with Crippen LogP contribution in [0.4, 0.5) is 0 Å². The Hall–Kier alpha value is -1.74. The Bertz CT molecular complexity index is 449. The first-order valence-electron chi connectivity index (χ1n) is 5.09. The second kappa shape index (κ2) is 7.64. The van der Waals surface area contributed by atoms with Crippen LogP contribution in [-0.4, -0.2) is 39.0 Å². The number of rotatable bonds is 5. The van der Waals surface area contributed by atoms with Gasteiger partial charge in [0.05, 0.1) is 6.61 Å². The summed E-state index contributed by atoms with van der Waals surface area (Å²) in [6, 6.07) is 1.53. The van der Waals surface area contributed by atoms with Gasteiger partial charge in [0, 0.05) is 12.1 Å². The van der Waals surface area contributed by atoms with E-state index in [0.29, 0.717) is 0 Å². The van der Waals surface area contributed by atoms with Gasteiger partial charge in [0.25, 0.3) is 5.91 Å². The van der Waals surface area contributed by atoms with Crippen LogP contribution in [-0.2, 0) is 11.3 Å². The fraction of sp³-hybridized carbons (Fsp3) is 0.300. The normalized spacial score (nSPS) is 11.5. The zero-order valence-corrected chi connectivity index (χ0v) is 10.6. The summed E-state index contributed by atoms with van der Waals surface area (Å²) in [5.74, 6) is -2.17. The molecule has 0 radical (unpaired) electrons. The first kappa shape index (κ1) is 17.3. The second-order valence-corrected chi connectivity index (χ2v) is 3.57. The van der Waals surface area contributed by atoms with E-state index in [1.807, 2.05) is 0 Å². The van der Waals surface area contributed by atoms with E-state index < -0.39 is 35.8 Å². The van der Waals surface area contributed by atoms with E-state index in [4.69, 9.17) is 15.9 Å². The second-order valence-electron chi connectivity index (χ2n) is 3.57. The molecule has 1 unspecified atom stereocenters. The SMILES string of the molecule is NC(CO)C(=O)NNCc1ccc(O)c(O)c1O.[Cl-].[H+]. The molecule has 0 bridgehead atoms. The van der Waals surface area contributed by atoms with Gasteiger partial charge in [-0.1, -0.05) is 6.07 Å². The van der Waals surface area contributed by atoms with Crippen molar-refractivity contribution >= 4 is 5.91 Å². The van der Waals surface area contributed by atoms with Gasteiger partial charge in [0.1, 0.15) is 6.04 Å². The van der Waals surface area contributed by atoms with E-state index in [9.17, 15) is 15.0 Å². The third kappa shape index (κ3) is 4.45. The maximum atomic E-state index is 11.2. The van der Waals surface area contributed by atoms with E-state index in [2.05, 4.69) is 10.9 Å².